The van der Waals surface area contributed by atoms with Crippen LogP contribution in [0.25, 0.3) is 11.3 Å². The normalized spacial score (nSPS) is 12.2. The van der Waals surface area contributed by atoms with Crippen LogP contribution in [0.2, 0.25) is 5.02 Å². The van der Waals surface area contributed by atoms with Gasteiger partial charge in [-0.05, 0) is 36.2 Å². The minimum Gasteiger partial charge on any atom is -0.454 e. The summed E-state index contributed by atoms with van der Waals surface area (Å²) < 4.78 is 10.7. The summed E-state index contributed by atoms with van der Waals surface area (Å²) in [7, 11) is 0. The number of nitrogens with one attached hydrogen (secondary N) is 1. The number of fused-ring (bicyclic) bond motifs is 1. The van der Waals surface area contributed by atoms with Gasteiger partial charge >= 0.3 is 0 Å². The number of amides is 1. The van der Waals surface area contributed by atoms with Crippen LogP contribution < -0.4 is 14.8 Å². The lowest BCUT2D eigenvalue weighted by atomic mass is 10.1. The molecule has 0 bridgehead atoms. The minimum atomic E-state index is -0.0866. The molecule has 26 heavy (non-hydrogen) atoms. The van der Waals surface area contributed by atoms with Crippen LogP contribution in [0.15, 0.2) is 47.8 Å². The van der Waals surface area contributed by atoms with Crippen LogP contribution in [0.4, 0.5) is 5.13 Å². The number of thiazole rings is 1. The summed E-state index contributed by atoms with van der Waals surface area (Å²) >= 11 is 7.51. The average molecular weight is 387 g/mol. The fraction of sp³-hybridized carbons (Fsp3) is 0.158. The maximum absolute atomic E-state index is 12.2. The second-order valence-corrected chi connectivity index (χ2v) is 7.01. The average Bonchev–Trinajstić information content (AvgIpc) is 3.29. The SMILES string of the molecule is O=C(CCc1ccccc1Cl)Nc1nc(-c2ccc3c(c2)OCO3)cs1. The Hall–Kier alpha value is -2.57. The summed E-state index contributed by atoms with van der Waals surface area (Å²) in [5.41, 5.74) is 2.67. The van der Waals surface area contributed by atoms with Crippen LogP contribution in [-0.4, -0.2) is 17.7 Å². The van der Waals surface area contributed by atoms with Gasteiger partial charge in [-0.3, -0.25) is 4.79 Å². The molecule has 2 aromatic carbocycles. The highest BCUT2D eigenvalue weighted by atomic mass is 35.5. The first kappa shape index (κ1) is 16.9. The molecule has 0 saturated carbocycles. The Morgan fingerprint density at radius 2 is 2.04 bits per heavy atom. The molecule has 0 atom stereocenters. The highest BCUT2D eigenvalue weighted by Gasteiger charge is 2.15. The number of hydrogen-bond acceptors (Lipinski definition) is 5. The topological polar surface area (TPSA) is 60.5 Å². The zero-order chi connectivity index (χ0) is 17.9. The maximum Gasteiger partial charge on any atom is 0.231 e. The first-order valence-corrected chi connectivity index (χ1v) is 9.33. The van der Waals surface area contributed by atoms with E-state index in [0.717, 1.165) is 22.6 Å². The molecule has 0 spiro atoms. The van der Waals surface area contributed by atoms with E-state index in [1.54, 1.807) is 0 Å². The van der Waals surface area contributed by atoms with Crippen molar-refractivity contribution >= 4 is 34.0 Å². The van der Waals surface area contributed by atoms with E-state index < -0.39 is 0 Å². The van der Waals surface area contributed by atoms with E-state index in [1.165, 1.54) is 11.3 Å². The molecule has 2 heterocycles. The molecular formula is C19H15ClN2O3S. The van der Waals surface area contributed by atoms with Crippen molar-refractivity contribution < 1.29 is 14.3 Å². The second-order valence-electron chi connectivity index (χ2n) is 5.75. The molecule has 7 heteroatoms. The van der Waals surface area contributed by atoms with Gasteiger partial charge in [0.1, 0.15) is 0 Å². The van der Waals surface area contributed by atoms with E-state index in [2.05, 4.69) is 10.3 Å². The number of nitrogens with zero attached hydrogens (tertiary/aromatic N) is 1. The standard InChI is InChI=1S/C19H15ClN2O3S/c20-14-4-2-1-3-12(14)6-8-18(23)22-19-21-15(10-26-19)13-5-7-16-17(9-13)25-11-24-16/h1-5,7,9-10H,6,8,11H2,(H,21,22,23). The Balaban J connectivity index is 1.39. The van der Waals surface area contributed by atoms with E-state index in [1.807, 2.05) is 47.8 Å². The molecule has 0 fully saturated rings. The molecule has 0 radical (unpaired) electrons. The van der Waals surface area contributed by atoms with Gasteiger partial charge in [0.05, 0.1) is 5.69 Å². The van der Waals surface area contributed by atoms with E-state index >= 15 is 0 Å². The van der Waals surface area contributed by atoms with Gasteiger partial charge in [0.2, 0.25) is 12.7 Å². The third-order valence-corrected chi connectivity index (χ3v) is 5.12. The highest BCUT2D eigenvalue weighted by molar-refractivity contribution is 7.14. The zero-order valence-electron chi connectivity index (χ0n) is 13.7. The number of aromatic nitrogens is 1. The first-order valence-electron chi connectivity index (χ1n) is 8.08. The van der Waals surface area contributed by atoms with Crippen molar-refractivity contribution in [2.45, 2.75) is 12.8 Å². The molecule has 0 unspecified atom stereocenters. The molecule has 5 nitrogen and oxygen atoms in total. The highest BCUT2D eigenvalue weighted by Crippen LogP contribution is 2.36. The number of carbonyl (C=O) groups excluding carboxylic acids is 1. The lowest BCUT2D eigenvalue weighted by Gasteiger charge is -2.04. The summed E-state index contributed by atoms with van der Waals surface area (Å²) in [6, 6.07) is 13.2. The van der Waals surface area contributed by atoms with Gasteiger partial charge in [0.25, 0.3) is 0 Å². The lowest BCUT2D eigenvalue weighted by molar-refractivity contribution is -0.116. The first-order chi connectivity index (χ1) is 12.7. The number of anilines is 1. The van der Waals surface area contributed by atoms with E-state index in [-0.39, 0.29) is 12.7 Å². The molecule has 0 saturated heterocycles. The van der Waals surface area contributed by atoms with Crippen LogP contribution in [0.5, 0.6) is 11.5 Å². The van der Waals surface area contributed by atoms with Gasteiger partial charge in [-0.2, -0.15) is 0 Å². The van der Waals surface area contributed by atoms with Gasteiger partial charge in [-0.15, -0.1) is 11.3 Å². The fourth-order valence-corrected chi connectivity index (χ4v) is 3.62. The van der Waals surface area contributed by atoms with Crippen molar-refractivity contribution in [1.82, 2.24) is 4.98 Å². The minimum absolute atomic E-state index is 0.0866. The van der Waals surface area contributed by atoms with Crippen LogP contribution >= 0.6 is 22.9 Å². The van der Waals surface area contributed by atoms with E-state index in [0.29, 0.717) is 28.7 Å². The molecule has 1 aromatic heterocycles. The Labute approximate surface area is 159 Å². The molecule has 1 N–H and O–H groups in total. The molecule has 1 aliphatic heterocycles. The summed E-state index contributed by atoms with van der Waals surface area (Å²) in [6.07, 6.45) is 0.939. The van der Waals surface area contributed by atoms with Crippen LogP contribution in [0, 0.1) is 0 Å². The summed E-state index contributed by atoms with van der Waals surface area (Å²) in [5, 5.41) is 6.00. The molecule has 132 valence electrons. The number of carbonyl (C=O) groups is 1. The number of benzene rings is 2. The van der Waals surface area contributed by atoms with Crippen LogP contribution in [0.1, 0.15) is 12.0 Å². The largest absolute Gasteiger partial charge is 0.454 e. The molecule has 1 aliphatic rings. The zero-order valence-corrected chi connectivity index (χ0v) is 15.3. The molecular weight excluding hydrogens is 372 g/mol. The summed E-state index contributed by atoms with van der Waals surface area (Å²) in [5.74, 6) is 1.36. The second kappa shape index (κ2) is 7.35. The quantitative estimate of drug-likeness (QED) is 0.686. The van der Waals surface area contributed by atoms with Crippen molar-refractivity contribution in [2.75, 3.05) is 12.1 Å². The lowest BCUT2D eigenvalue weighted by Crippen LogP contribution is -2.12. The van der Waals surface area contributed by atoms with E-state index in [9.17, 15) is 4.79 Å². The third kappa shape index (κ3) is 3.66. The van der Waals surface area contributed by atoms with E-state index in [4.69, 9.17) is 21.1 Å². The van der Waals surface area contributed by atoms with Gasteiger partial charge in [0.15, 0.2) is 16.6 Å². The van der Waals surface area contributed by atoms with Gasteiger partial charge in [-0.1, -0.05) is 29.8 Å². The molecule has 1 amide bonds. The number of aryl methyl sites for hydroxylation is 1. The number of halogens is 1. The Bertz CT molecular complexity index is 957. The van der Waals surface area contributed by atoms with Gasteiger partial charge in [-0.25, -0.2) is 4.98 Å². The van der Waals surface area contributed by atoms with Crippen molar-refractivity contribution in [1.29, 1.82) is 0 Å². The Morgan fingerprint density at radius 1 is 1.19 bits per heavy atom. The predicted molar refractivity (Wildman–Crippen MR) is 102 cm³/mol. The van der Waals surface area contributed by atoms with Crippen LogP contribution in [0.3, 0.4) is 0 Å². The summed E-state index contributed by atoms with van der Waals surface area (Å²) in [6.45, 7) is 0.239. The molecule has 4 rings (SSSR count). The monoisotopic (exact) mass is 386 g/mol. The fourth-order valence-electron chi connectivity index (χ4n) is 2.65. The van der Waals surface area contributed by atoms with Gasteiger partial charge < -0.3 is 14.8 Å². The Morgan fingerprint density at radius 3 is 2.92 bits per heavy atom. The van der Waals surface area contributed by atoms with Crippen molar-refractivity contribution in [2.24, 2.45) is 0 Å². The van der Waals surface area contributed by atoms with Gasteiger partial charge in [0, 0.05) is 22.4 Å². The smallest absolute Gasteiger partial charge is 0.231 e. The van der Waals surface area contributed by atoms with Crippen molar-refractivity contribution in [3.05, 3.63) is 58.4 Å². The number of hydrogen-bond donors (Lipinski definition) is 1. The molecule has 0 aliphatic carbocycles. The Kier molecular flexibility index (Phi) is 4.77. The summed E-state index contributed by atoms with van der Waals surface area (Å²) in [4.78, 5) is 16.7. The number of ether oxygens (including phenoxy) is 2. The third-order valence-electron chi connectivity index (χ3n) is 4.00. The predicted octanol–water partition coefficient (Wildman–Crippen LogP) is 4.76. The van der Waals surface area contributed by atoms with Crippen LogP contribution in [-0.2, 0) is 11.2 Å². The number of rotatable bonds is 5. The molecule has 3 aromatic rings. The van der Waals surface area contributed by atoms with Crippen molar-refractivity contribution in [3.63, 3.8) is 0 Å². The van der Waals surface area contributed by atoms with Crippen molar-refractivity contribution in [3.8, 4) is 22.8 Å². The maximum atomic E-state index is 12.2.